The molecule has 0 aliphatic rings. The summed E-state index contributed by atoms with van der Waals surface area (Å²) in [5.41, 5.74) is 8.82. The molecule has 0 amide bonds. The molecule has 0 saturated heterocycles. The molecule has 0 bridgehead atoms. The third-order valence-corrected chi connectivity index (χ3v) is 2.80. The van der Waals surface area contributed by atoms with Crippen LogP contribution in [0, 0.1) is 0 Å². The summed E-state index contributed by atoms with van der Waals surface area (Å²) in [6.45, 7) is 2.54. The molecular formula is C12H14Cl2N4O2. The zero-order chi connectivity index (χ0) is 15.0. The predicted molar refractivity (Wildman–Crippen MR) is 77.9 cm³/mol. The van der Waals surface area contributed by atoms with Crippen LogP contribution in [-0.4, -0.2) is 25.7 Å². The Labute approximate surface area is 126 Å². The van der Waals surface area contributed by atoms with Gasteiger partial charge in [0.25, 0.3) is 0 Å². The lowest BCUT2D eigenvalue weighted by molar-refractivity contribution is -0.145. The van der Waals surface area contributed by atoms with Crippen LogP contribution in [0.3, 0.4) is 0 Å². The number of hydrogen-bond donors (Lipinski definition) is 1. The first-order chi connectivity index (χ1) is 9.58. The molecule has 0 heterocycles. The van der Waals surface area contributed by atoms with Crippen molar-refractivity contribution in [3.05, 3.63) is 44.3 Å². The molecule has 20 heavy (non-hydrogen) atoms. The average molecular weight is 317 g/mol. The Hall–Kier alpha value is -1.46. The number of benzene rings is 1. The summed E-state index contributed by atoms with van der Waals surface area (Å²) >= 11 is 11.9. The van der Waals surface area contributed by atoms with E-state index in [2.05, 4.69) is 15.3 Å². The maximum absolute atomic E-state index is 12.0. The number of ether oxygens (including phenoxy) is 1. The fourth-order valence-electron chi connectivity index (χ4n) is 1.61. The van der Waals surface area contributed by atoms with E-state index in [0.29, 0.717) is 22.2 Å². The van der Waals surface area contributed by atoms with Crippen LogP contribution >= 0.6 is 23.2 Å². The van der Waals surface area contributed by atoms with Gasteiger partial charge in [-0.1, -0.05) is 28.3 Å². The van der Waals surface area contributed by atoms with Gasteiger partial charge in [-0.25, -0.2) is 4.79 Å². The molecule has 1 N–H and O–H groups in total. The highest BCUT2D eigenvalue weighted by atomic mass is 35.5. The summed E-state index contributed by atoms with van der Waals surface area (Å²) in [5, 5.41) is 7.20. The van der Waals surface area contributed by atoms with Crippen molar-refractivity contribution in [1.82, 2.24) is 5.32 Å². The Bertz CT molecular complexity index is 498. The number of rotatable bonds is 7. The van der Waals surface area contributed by atoms with Gasteiger partial charge in [0.1, 0.15) is 6.04 Å². The van der Waals surface area contributed by atoms with Crippen molar-refractivity contribution in [3.63, 3.8) is 0 Å². The van der Waals surface area contributed by atoms with E-state index in [9.17, 15) is 4.79 Å². The fraction of sp³-hybridized carbons (Fsp3) is 0.417. The number of nitrogens with one attached hydrogen (secondary N) is 1. The van der Waals surface area contributed by atoms with Crippen LogP contribution < -0.4 is 5.32 Å². The first-order valence-electron chi connectivity index (χ1n) is 5.95. The van der Waals surface area contributed by atoms with Crippen LogP contribution in [0.25, 0.3) is 10.4 Å². The monoisotopic (exact) mass is 316 g/mol. The molecule has 1 atom stereocenters. The topological polar surface area (TPSA) is 87.1 Å². The quantitative estimate of drug-likeness (QED) is 0.274. The normalized spacial score (nSPS) is 11.6. The van der Waals surface area contributed by atoms with Gasteiger partial charge in [0.2, 0.25) is 0 Å². The standard InChI is InChI=1S/C12H14Cl2N4O2/c1-2-20-12(19)11(16-3-4-17-18-15)8-5-9(13)7-10(14)6-8/h5-7,11,16H,2-4H2,1H3. The summed E-state index contributed by atoms with van der Waals surface area (Å²) in [7, 11) is 0. The lowest BCUT2D eigenvalue weighted by atomic mass is 10.1. The van der Waals surface area contributed by atoms with E-state index in [1.165, 1.54) is 0 Å². The minimum Gasteiger partial charge on any atom is -0.465 e. The molecule has 0 saturated carbocycles. The Morgan fingerprint density at radius 3 is 2.65 bits per heavy atom. The van der Waals surface area contributed by atoms with E-state index in [1.54, 1.807) is 25.1 Å². The largest absolute Gasteiger partial charge is 0.465 e. The SMILES string of the molecule is CCOC(=O)C(NCCN=[N+]=[N-])c1cc(Cl)cc(Cl)c1. The molecule has 1 aromatic carbocycles. The van der Waals surface area contributed by atoms with Crippen molar-refractivity contribution in [2.45, 2.75) is 13.0 Å². The molecule has 108 valence electrons. The Kier molecular flexibility index (Phi) is 7.18. The van der Waals surface area contributed by atoms with E-state index < -0.39 is 12.0 Å². The van der Waals surface area contributed by atoms with E-state index in [4.69, 9.17) is 33.5 Å². The first-order valence-corrected chi connectivity index (χ1v) is 6.71. The molecule has 0 fully saturated rings. The van der Waals surface area contributed by atoms with Gasteiger partial charge in [-0.05, 0) is 36.2 Å². The van der Waals surface area contributed by atoms with Gasteiger partial charge in [-0.2, -0.15) is 0 Å². The highest BCUT2D eigenvalue weighted by Crippen LogP contribution is 2.24. The molecule has 0 spiro atoms. The molecule has 6 nitrogen and oxygen atoms in total. The fourth-order valence-corrected chi connectivity index (χ4v) is 2.15. The average Bonchev–Trinajstić information content (AvgIpc) is 2.37. The molecule has 1 unspecified atom stereocenters. The number of nitrogens with zero attached hydrogens (tertiary/aromatic N) is 3. The molecule has 0 aliphatic carbocycles. The second kappa shape index (κ2) is 8.66. The van der Waals surface area contributed by atoms with E-state index >= 15 is 0 Å². The molecular weight excluding hydrogens is 303 g/mol. The summed E-state index contributed by atoms with van der Waals surface area (Å²) in [4.78, 5) is 14.6. The van der Waals surface area contributed by atoms with Gasteiger partial charge in [0, 0.05) is 28.0 Å². The van der Waals surface area contributed by atoms with Crippen LogP contribution in [0.2, 0.25) is 10.0 Å². The molecule has 1 rings (SSSR count). The van der Waals surface area contributed by atoms with Gasteiger partial charge in [-0.15, -0.1) is 0 Å². The Morgan fingerprint density at radius 1 is 1.45 bits per heavy atom. The third kappa shape index (κ3) is 5.27. The maximum atomic E-state index is 12.0. The van der Waals surface area contributed by atoms with Crippen LogP contribution in [-0.2, 0) is 9.53 Å². The number of carbonyl (C=O) groups excluding carboxylic acids is 1. The van der Waals surface area contributed by atoms with Crippen LogP contribution in [0.1, 0.15) is 18.5 Å². The van der Waals surface area contributed by atoms with Gasteiger partial charge in [-0.3, -0.25) is 0 Å². The summed E-state index contributed by atoms with van der Waals surface area (Å²) in [6.07, 6.45) is 0. The van der Waals surface area contributed by atoms with Gasteiger partial charge in [0.05, 0.1) is 6.61 Å². The van der Waals surface area contributed by atoms with Crippen molar-refractivity contribution in [2.24, 2.45) is 5.11 Å². The van der Waals surface area contributed by atoms with Crippen molar-refractivity contribution in [3.8, 4) is 0 Å². The van der Waals surface area contributed by atoms with Crippen molar-refractivity contribution in [1.29, 1.82) is 0 Å². The number of hydrogen-bond acceptors (Lipinski definition) is 4. The zero-order valence-electron chi connectivity index (χ0n) is 10.8. The van der Waals surface area contributed by atoms with Gasteiger partial charge >= 0.3 is 5.97 Å². The number of azide groups is 1. The summed E-state index contributed by atoms with van der Waals surface area (Å²) < 4.78 is 5.00. The second-order valence-corrected chi connectivity index (χ2v) is 4.67. The van der Waals surface area contributed by atoms with E-state index in [-0.39, 0.29) is 13.2 Å². The Balaban J connectivity index is 2.90. The lowest BCUT2D eigenvalue weighted by Crippen LogP contribution is -2.32. The van der Waals surface area contributed by atoms with E-state index in [1.807, 2.05) is 0 Å². The highest BCUT2D eigenvalue weighted by molar-refractivity contribution is 6.34. The van der Waals surface area contributed by atoms with E-state index in [0.717, 1.165) is 0 Å². The van der Waals surface area contributed by atoms with Crippen molar-refractivity contribution in [2.75, 3.05) is 19.7 Å². The second-order valence-electron chi connectivity index (χ2n) is 3.80. The van der Waals surface area contributed by atoms with Gasteiger partial charge in [0.15, 0.2) is 0 Å². The number of halogens is 2. The number of carbonyl (C=O) groups is 1. The summed E-state index contributed by atoms with van der Waals surface area (Å²) in [5.74, 6) is -0.438. The van der Waals surface area contributed by atoms with Crippen LogP contribution in [0.15, 0.2) is 23.3 Å². The van der Waals surface area contributed by atoms with Gasteiger partial charge < -0.3 is 10.1 Å². The first kappa shape index (κ1) is 16.6. The smallest absolute Gasteiger partial charge is 0.327 e. The molecule has 0 radical (unpaired) electrons. The molecule has 0 aromatic heterocycles. The third-order valence-electron chi connectivity index (χ3n) is 2.36. The molecule has 8 heteroatoms. The van der Waals surface area contributed by atoms with Crippen molar-refractivity contribution < 1.29 is 9.53 Å². The highest BCUT2D eigenvalue weighted by Gasteiger charge is 2.21. The summed E-state index contributed by atoms with van der Waals surface area (Å²) in [6, 6.07) is 4.14. The number of esters is 1. The van der Waals surface area contributed by atoms with Crippen LogP contribution in [0.4, 0.5) is 0 Å². The minimum atomic E-state index is -0.708. The molecule has 1 aromatic rings. The molecule has 0 aliphatic heterocycles. The minimum absolute atomic E-state index is 0.223. The maximum Gasteiger partial charge on any atom is 0.327 e. The predicted octanol–water partition coefficient (Wildman–Crippen LogP) is 3.50. The van der Waals surface area contributed by atoms with Crippen LogP contribution in [0.5, 0.6) is 0 Å². The lowest BCUT2D eigenvalue weighted by Gasteiger charge is -2.17. The zero-order valence-corrected chi connectivity index (χ0v) is 12.4. The van der Waals surface area contributed by atoms with Crippen molar-refractivity contribution >= 4 is 29.2 Å². The Morgan fingerprint density at radius 2 is 2.10 bits per heavy atom.